The van der Waals surface area contributed by atoms with Crippen molar-refractivity contribution >= 4 is 31.6 Å². The highest BCUT2D eigenvalue weighted by molar-refractivity contribution is 7.89. The van der Waals surface area contributed by atoms with E-state index in [4.69, 9.17) is 0 Å². The van der Waals surface area contributed by atoms with Crippen molar-refractivity contribution in [3.8, 4) is 0 Å². The van der Waals surface area contributed by atoms with Crippen LogP contribution in [-0.4, -0.2) is 14.5 Å². The Labute approximate surface area is 169 Å². The van der Waals surface area contributed by atoms with E-state index in [1.807, 2.05) is 12.1 Å². The lowest BCUT2D eigenvalue weighted by molar-refractivity contribution is 0.508. The van der Waals surface area contributed by atoms with Gasteiger partial charge in [0.05, 0.1) is 4.90 Å². The van der Waals surface area contributed by atoms with E-state index in [2.05, 4.69) is 41.1 Å². The number of sulfonamides is 1. The Balaban J connectivity index is 1.51. The van der Waals surface area contributed by atoms with Gasteiger partial charge in [0, 0.05) is 6.04 Å². The highest BCUT2D eigenvalue weighted by Gasteiger charge is 2.26. The van der Waals surface area contributed by atoms with Crippen LogP contribution in [-0.2, 0) is 22.9 Å². The summed E-state index contributed by atoms with van der Waals surface area (Å²) in [6.07, 6.45) is 2.16. The van der Waals surface area contributed by atoms with Crippen LogP contribution in [0, 0.1) is 5.82 Å². The molecule has 1 unspecified atom stereocenters. The number of aryl methyl sites for hydroxylation is 1. The van der Waals surface area contributed by atoms with Crippen LogP contribution >= 0.6 is 0 Å². The zero-order valence-corrected chi connectivity index (χ0v) is 16.5. The normalized spacial score (nSPS) is 16.8. The van der Waals surface area contributed by atoms with Gasteiger partial charge in [-0.25, -0.2) is 17.5 Å². The molecule has 1 aliphatic rings. The maximum Gasteiger partial charge on any atom is 0.240 e. The number of hydrogen-bond donors (Lipinski definition) is 1. The first-order valence-corrected chi connectivity index (χ1v) is 11.2. The second-order valence-corrected chi connectivity index (χ2v) is 9.32. The van der Waals surface area contributed by atoms with Crippen LogP contribution in [0.5, 0.6) is 0 Å². The van der Waals surface area contributed by atoms with E-state index in [0.29, 0.717) is 6.42 Å². The summed E-state index contributed by atoms with van der Waals surface area (Å²) in [6, 6.07) is 21.8. The summed E-state index contributed by atoms with van der Waals surface area (Å²) in [5.41, 5.74) is 2.47. The smallest absolute Gasteiger partial charge is 0.208 e. The minimum absolute atomic E-state index is 0.0350. The van der Waals surface area contributed by atoms with Crippen molar-refractivity contribution in [2.24, 2.45) is 0 Å². The molecule has 1 atom stereocenters. The molecule has 0 aliphatic heterocycles. The van der Waals surface area contributed by atoms with Crippen molar-refractivity contribution in [1.82, 2.24) is 4.72 Å². The molecular formula is C24H20FNO2S. The quantitative estimate of drug-likeness (QED) is 0.489. The molecule has 5 heteroatoms. The summed E-state index contributed by atoms with van der Waals surface area (Å²) in [5, 5.41) is 4.76. The first-order valence-electron chi connectivity index (χ1n) is 9.71. The van der Waals surface area contributed by atoms with Gasteiger partial charge < -0.3 is 0 Å². The number of rotatable bonds is 3. The Hall–Kier alpha value is -2.76. The maximum absolute atomic E-state index is 13.5. The van der Waals surface area contributed by atoms with Crippen LogP contribution in [0.25, 0.3) is 21.5 Å². The number of halogens is 1. The van der Waals surface area contributed by atoms with Gasteiger partial charge in [-0.15, -0.1) is 0 Å². The highest BCUT2D eigenvalue weighted by Crippen LogP contribution is 2.33. The molecule has 29 heavy (non-hydrogen) atoms. The molecule has 3 nitrogen and oxygen atoms in total. The second kappa shape index (κ2) is 6.94. The standard InChI is InChI=1S/C24H20FNO2S/c25-18-5-3-6-20(14-18)29(27,28)26-19-11-8-17-10-12-22-21-7-2-1-4-16(21)9-13-23(22)24(17)15-19/h1-7,9-10,12-14,19,26H,8,11,15H2. The average Bonchev–Trinajstić information content (AvgIpc) is 2.73. The summed E-state index contributed by atoms with van der Waals surface area (Å²) in [4.78, 5) is -0.0350. The molecule has 0 bridgehead atoms. The summed E-state index contributed by atoms with van der Waals surface area (Å²) in [6.45, 7) is 0. The molecular weight excluding hydrogens is 385 g/mol. The van der Waals surface area contributed by atoms with E-state index in [0.717, 1.165) is 18.9 Å². The molecule has 1 N–H and O–H groups in total. The number of nitrogens with one attached hydrogen (secondary N) is 1. The molecule has 0 saturated carbocycles. The molecule has 0 radical (unpaired) electrons. The SMILES string of the molecule is O=S(=O)(NC1CCc2ccc3c(ccc4ccccc43)c2C1)c1cccc(F)c1. The van der Waals surface area contributed by atoms with Crippen LogP contribution < -0.4 is 4.72 Å². The minimum Gasteiger partial charge on any atom is -0.208 e. The van der Waals surface area contributed by atoms with Gasteiger partial charge in [0.15, 0.2) is 0 Å². The summed E-state index contributed by atoms with van der Waals surface area (Å²) in [5.74, 6) is -0.556. The van der Waals surface area contributed by atoms with Crippen molar-refractivity contribution < 1.29 is 12.8 Å². The van der Waals surface area contributed by atoms with Gasteiger partial charge >= 0.3 is 0 Å². The molecule has 4 aromatic carbocycles. The van der Waals surface area contributed by atoms with E-state index >= 15 is 0 Å². The third-order valence-corrected chi connectivity index (χ3v) is 7.29. The number of benzene rings is 4. The Morgan fingerprint density at radius 2 is 1.69 bits per heavy atom. The highest BCUT2D eigenvalue weighted by atomic mass is 32.2. The van der Waals surface area contributed by atoms with E-state index in [1.54, 1.807) is 0 Å². The lowest BCUT2D eigenvalue weighted by Gasteiger charge is -2.27. The van der Waals surface area contributed by atoms with Gasteiger partial charge in [-0.2, -0.15) is 0 Å². The maximum atomic E-state index is 13.5. The van der Waals surface area contributed by atoms with Crippen molar-refractivity contribution in [2.75, 3.05) is 0 Å². The van der Waals surface area contributed by atoms with Gasteiger partial charge in [0.25, 0.3) is 0 Å². The summed E-state index contributed by atoms with van der Waals surface area (Å²) < 4.78 is 41.7. The van der Waals surface area contributed by atoms with Crippen molar-refractivity contribution in [3.05, 3.63) is 89.7 Å². The largest absolute Gasteiger partial charge is 0.240 e. The molecule has 0 saturated heterocycles. The van der Waals surface area contributed by atoms with E-state index < -0.39 is 15.8 Å². The van der Waals surface area contributed by atoms with E-state index in [-0.39, 0.29) is 10.9 Å². The first-order chi connectivity index (χ1) is 14.0. The monoisotopic (exact) mass is 405 g/mol. The van der Waals surface area contributed by atoms with Crippen LogP contribution in [0.15, 0.2) is 77.7 Å². The molecule has 146 valence electrons. The van der Waals surface area contributed by atoms with Gasteiger partial charge in [-0.05, 0) is 70.1 Å². The Bertz CT molecular complexity index is 1350. The molecule has 4 aromatic rings. The van der Waals surface area contributed by atoms with Gasteiger partial charge in [0.2, 0.25) is 10.0 Å². The molecule has 0 fully saturated rings. The third kappa shape index (κ3) is 3.30. The summed E-state index contributed by atoms with van der Waals surface area (Å²) in [7, 11) is -3.76. The zero-order valence-electron chi connectivity index (χ0n) is 15.7. The Morgan fingerprint density at radius 3 is 2.55 bits per heavy atom. The van der Waals surface area contributed by atoms with E-state index in [1.165, 1.54) is 50.9 Å². The van der Waals surface area contributed by atoms with Crippen molar-refractivity contribution in [2.45, 2.75) is 30.2 Å². The average molecular weight is 405 g/mol. The molecule has 0 spiro atoms. The fourth-order valence-electron chi connectivity index (χ4n) is 4.37. The third-order valence-electron chi connectivity index (χ3n) is 5.78. The Morgan fingerprint density at radius 1 is 0.862 bits per heavy atom. The predicted molar refractivity (Wildman–Crippen MR) is 114 cm³/mol. The molecule has 1 aliphatic carbocycles. The van der Waals surface area contributed by atoms with E-state index in [9.17, 15) is 12.8 Å². The molecule has 0 heterocycles. The van der Waals surface area contributed by atoms with Crippen molar-refractivity contribution in [3.63, 3.8) is 0 Å². The van der Waals surface area contributed by atoms with Gasteiger partial charge in [0.1, 0.15) is 5.82 Å². The summed E-state index contributed by atoms with van der Waals surface area (Å²) >= 11 is 0. The predicted octanol–water partition coefficient (Wildman–Crippen LogP) is 4.97. The number of fused-ring (bicyclic) bond motifs is 5. The second-order valence-electron chi connectivity index (χ2n) is 7.60. The Kier molecular flexibility index (Phi) is 4.37. The molecule has 0 aromatic heterocycles. The lowest BCUT2D eigenvalue weighted by atomic mass is 9.84. The number of hydrogen-bond acceptors (Lipinski definition) is 2. The fraction of sp³-hybridized carbons (Fsp3) is 0.167. The van der Waals surface area contributed by atoms with Crippen LogP contribution in [0.4, 0.5) is 4.39 Å². The van der Waals surface area contributed by atoms with Crippen LogP contribution in [0.2, 0.25) is 0 Å². The fourth-order valence-corrected chi connectivity index (χ4v) is 5.67. The van der Waals surface area contributed by atoms with Crippen molar-refractivity contribution in [1.29, 1.82) is 0 Å². The molecule has 0 amide bonds. The lowest BCUT2D eigenvalue weighted by Crippen LogP contribution is -2.38. The van der Waals surface area contributed by atoms with Gasteiger partial charge in [-0.3, -0.25) is 0 Å². The van der Waals surface area contributed by atoms with Crippen LogP contribution in [0.3, 0.4) is 0 Å². The van der Waals surface area contributed by atoms with Gasteiger partial charge in [-0.1, -0.05) is 54.6 Å². The molecule has 5 rings (SSSR count). The topological polar surface area (TPSA) is 46.2 Å². The first kappa shape index (κ1) is 18.3. The zero-order chi connectivity index (χ0) is 20.0. The van der Waals surface area contributed by atoms with Crippen LogP contribution in [0.1, 0.15) is 17.5 Å². The minimum atomic E-state index is -3.76.